The van der Waals surface area contributed by atoms with E-state index < -0.39 is 15.8 Å². The van der Waals surface area contributed by atoms with Crippen LogP contribution in [0.5, 0.6) is 0 Å². The van der Waals surface area contributed by atoms with E-state index in [2.05, 4.69) is 9.72 Å². The number of esters is 1. The summed E-state index contributed by atoms with van der Waals surface area (Å²) in [4.78, 5) is 16.0. The second-order valence-electron chi connectivity index (χ2n) is 5.38. The zero-order chi connectivity index (χ0) is 15.0. The molecule has 0 spiro atoms. The van der Waals surface area contributed by atoms with Crippen molar-refractivity contribution in [3.63, 3.8) is 0 Å². The summed E-state index contributed by atoms with van der Waals surface area (Å²) in [6, 6.07) is 3.42. The van der Waals surface area contributed by atoms with Crippen LogP contribution in [0, 0.1) is 5.92 Å². The summed E-state index contributed by atoms with van der Waals surface area (Å²) in [6.07, 6.45) is 4.86. The second-order valence-corrected chi connectivity index (χ2v) is 7.61. The summed E-state index contributed by atoms with van der Waals surface area (Å²) < 4.78 is 29.4. The highest BCUT2D eigenvalue weighted by Gasteiger charge is 2.28. The van der Waals surface area contributed by atoms with Crippen LogP contribution in [-0.2, 0) is 21.0 Å². The van der Waals surface area contributed by atoms with Gasteiger partial charge < -0.3 is 9.14 Å². The zero-order valence-corrected chi connectivity index (χ0v) is 12.5. The largest absolute Gasteiger partial charge is 0.465 e. The van der Waals surface area contributed by atoms with Crippen LogP contribution in [0.3, 0.4) is 0 Å². The Morgan fingerprint density at radius 3 is 2.90 bits per heavy atom. The van der Waals surface area contributed by atoms with Crippen LogP contribution in [0.1, 0.15) is 22.5 Å². The van der Waals surface area contributed by atoms with E-state index in [1.54, 1.807) is 22.7 Å². The van der Waals surface area contributed by atoms with Crippen molar-refractivity contribution in [2.24, 2.45) is 5.92 Å². The molecule has 1 unspecified atom stereocenters. The molecule has 3 rings (SSSR count). The molecular weight excluding hydrogens is 292 g/mol. The molecule has 21 heavy (non-hydrogen) atoms. The van der Waals surface area contributed by atoms with E-state index in [1.807, 2.05) is 6.20 Å². The Morgan fingerprint density at radius 1 is 1.43 bits per heavy atom. The van der Waals surface area contributed by atoms with Crippen LogP contribution < -0.4 is 0 Å². The van der Waals surface area contributed by atoms with Gasteiger partial charge in [-0.2, -0.15) is 0 Å². The Morgan fingerprint density at radius 2 is 2.24 bits per heavy atom. The molecule has 0 amide bonds. The number of carbonyl (C=O) groups is 1. The summed E-state index contributed by atoms with van der Waals surface area (Å²) in [5.41, 5.74) is 2.04. The molecule has 1 fully saturated rings. The molecule has 0 bridgehead atoms. The van der Waals surface area contributed by atoms with E-state index in [9.17, 15) is 13.2 Å². The minimum Gasteiger partial charge on any atom is -0.465 e. The average molecular weight is 308 g/mol. The standard InChI is InChI=1S/C14H16N2O4S/c1-20-14(17)11-2-3-13-15-12(8-16(13)7-11)6-10-4-5-21(18,19)9-10/h2-3,7-8,10H,4-6,9H2,1H3. The van der Waals surface area contributed by atoms with Gasteiger partial charge in [0.15, 0.2) is 9.84 Å². The van der Waals surface area contributed by atoms with Gasteiger partial charge in [0.1, 0.15) is 5.65 Å². The molecule has 2 aromatic heterocycles. The molecule has 0 saturated carbocycles. The Balaban J connectivity index is 1.83. The van der Waals surface area contributed by atoms with Crippen molar-refractivity contribution >= 4 is 21.5 Å². The summed E-state index contributed by atoms with van der Waals surface area (Å²) >= 11 is 0. The molecule has 0 N–H and O–H groups in total. The number of aromatic nitrogens is 2. The molecule has 2 aromatic rings. The van der Waals surface area contributed by atoms with Crippen LogP contribution >= 0.6 is 0 Å². The van der Waals surface area contributed by atoms with Gasteiger partial charge in [-0.3, -0.25) is 0 Å². The lowest BCUT2D eigenvalue weighted by atomic mass is 10.0. The maximum absolute atomic E-state index is 11.5. The lowest BCUT2D eigenvalue weighted by Crippen LogP contribution is -2.07. The first-order valence-corrected chi connectivity index (χ1v) is 8.55. The number of sulfone groups is 1. The smallest absolute Gasteiger partial charge is 0.339 e. The zero-order valence-electron chi connectivity index (χ0n) is 11.7. The van der Waals surface area contributed by atoms with Crippen LogP contribution in [0.4, 0.5) is 0 Å². The van der Waals surface area contributed by atoms with Crippen LogP contribution in [0.2, 0.25) is 0 Å². The van der Waals surface area contributed by atoms with E-state index in [0.29, 0.717) is 18.4 Å². The lowest BCUT2D eigenvalue weighted by molar-refractivity contribution is 0.0600. The molecule has 6 nitrogen and oxygen atoms in total. The number of imidazole rings is 1. The van der Waals surface area contributed by atoms with Crippen molar-refractivity contribution in [1.82, 2.24) is 9.38 Å². The lowest BCUT2D eigenvalue weighted by Gasteiger charge is -2.03. The van der Waals surface area contributed by atoms with Gasteiger partial charge in [0, 0.05) is 12.4 Å². The fourth-order valence-electron chi connectivity index (χ4n) is 2.71. The minimum absolute atomic E-state index is 0.139. The molecule has 1 atom stereocenters. The summed E-state index contributed by atoms with van der Waals surface area (Å²) in [7, 11) is -1.52. The molecule has 0 aromatic carbocycles. The number of ether oxygens (including phenoxy) is 1. The van der Waals surface area contributed by atoms with Crippen molar-refractivity contribution in [2.75, 3.05) is 18.6 Å². The Kier molecular flexibility index (Phi) is 3.44. The molecule has 0 aliphatic carbocycles. The van der Waals surface area contributed by atoms with Gasteiger partial charge in [-0.05, 0) is 30.9 Å². The van der Waals surface area contributed by atoms with Gasteiger partial charge in [-0.1, -0.05) is 0 Å². The molecule has 1 saturated heterocycles. The third-order valence-electron chi connectivity index (χ3n) is 3.75. The summed E-state index contributed by atoms with van der Waals surface area (Å²) in [6.45, 7) is 0. The molecule has 1 aliphatic rings. The third kappa shape index (κ3) is 2.92. The van der Waals surface area contributed by atoms with Gasteiger partial charge in [0.05, 0.1) is 29.9 Å². The van der Waals surface area contributed by atoms with Crippen molar-refractivity contribution in [2.45, 2.75) is 12.8 Å². The monoisotopic (exact) mass is 308 g/mol. The predicted octanol–water partition coefficient (Wildman–Crippen LogP) is 1.10. The number of rotatable bonds is 3. The predicted molar refractivity (Wildman–Crippen MR) is 77.0 cm³/mol. The van der Waals surface area contributed by atoms with Gasteiger partial charge >= 0.3 is 5.97 Å². The molecule has 0 radical (unpaired) electrons. The summed E-state index contributed by atoms with van der Waals surface area (Å²) in [5.74, 6) is 0.264. The molecule has 112 valence electrons. The first-order chi connectivity index (χ1) is 9.97. The quantitative estimate of drug-likeness (QED) is 0.793. The number of hydrogen-bond acceptors (Lipinski definition) is 5. The maximum Gasteiger partial charge on any atom is 0.339 e. The fourth-order valence-corrected chi connectivity index (χ4v) is 4.57. The normalized spacial score (nSPS) is 20.7. The Bertz CT molecular complexity index is 794. The maximum atomic E-state index is 11.5. The number of carbonyl (C=O) groups excluding carboxylic acids is 1. The Labute approximate surface area is 122 Å². The van der Waals surface area contributed by atoms with E-state index >= 15 is 0 Å². The highest BCUT2D eigenvalue weighted by Crippen LogP contribution is 2.22. The fraction of sp³-hybridized carbons (Fsp3) is 0.429. The molecule has 3 heterocycles. The highest BCUT2D eigenvalue weighted by molar-refractivity contribution is 7.91. The molecule has 7 heteroatoms. The molecular formula is C14H16N2O4S. The van der Waals surface area contributed by atoms with Gasteiger partial charge in [0.2, 0.25) is 0 Å². The SMILES string of the molecule is COC(=O)c1ccc2nc(CC3CCS(=O)(=O)C3)cn2c1. The second kappa shape index (κ2) is 5.14. The topological polar surface area (TPSA) is 77.7 Å². The number of fused-ring (bicyclic) bond motifs is 1. The van der Waals surface area contributed by atoms with Crippen molar-refractivity contribution in [3.8, 4) is 0 Å². The van der Waals surface area contributed by atoms with Crippen LogP contribution in [0.25, 0.3) is 5.65 Å². The minimum atomic E-state index is -2.86. The molecule has 1 aliphatic heterocycles. The van der Waals surface area contributed by atoms with Crippen LogP contribution in [-0.4, -0.2) is 42.4 Å². The number of pyridine rings is 1. The van der Waals surface area contributed by atoms with Crippen LogP contribution in [0.15, 0.2) is 24.5 Å². The van der Waals surface area contributed by atoms with Gasteiger partial charge in [0.25, 0.3) is 0 Å². The van der Waals surface area contributed by atoms with Crippen molar-refractivity contribution in [3.05, 3.63) is 35.8 Å². The van der Waals surface area contributed by atoms with E-state index in [4.69, 9.17) is 0 Å². The van der Waals surface area contributed by atoms with Gasteiger partial charge in [-0.15, -0.1) is 0 Å². The number of nitrogens with zero attached hydrogens (tertiary/aromatic N) is 2. The Hall–Kier alpha value is -1.89. The van der Waals surface area contributed by atoms with E-state index in [-0.39, 0.29) is 17.4 Å². The first kappa shape index (κ1) is 14.1. The first-order valence-electron chi connectivity index (χ1n) is 6.73. The van der Waals surface area contributed by atoms with E-state index in [1.165, 1.54) is 7.11 Å². The number of methoxy groups -OCH3 is 1. The highest BCUT2D eigenvalue weighted by atomic mass is 32.2. The summed E-state index contributed by atoms with van der Waals surface area (Å²) in [5, 5.41) is 0. The van der Waals surface area contributed by atoms with E-state index in [0.717, 1.165) is 11.3 Å². The van der Waals surface area contributed by atoms with Crippen molar-refractivity contribution < 1.29 is 17.9 Å². The number of hydrogen-bond donors (Lipinski definition) is 0. The third-order valence-corrected chi connectivity index (χ3v) is 5.58. The van der Waals surface area contributed by atoms with Gasteiger partial charge in [-0.25, -0.2) is 18.2 Å². The average Bonchev–Trinajstić information content (AvgIpc) is 2.99. The van der Waals surface area contributed by atoms with Crippen molar-refractivity contribution in [1.29, 1.82) is 0 Å².